The summed E-state index contributed by atoms with van der Waals surface area (Å²) in [6.45, 7) is 1.93. The van der Waals surface area contributed by atoms with Crippen LogP contribution in [0.4, 0.5) is 32.0 Å². The van der Waals surface area contributed by atoms with Gasteiger partial charge in [0.15, 0.2) is 0 Å². The normalized spacial score (nSPS) is 16.0. The van der Waals surface area contributed by atoms with Crippen molar-refractivity contribution >= 4 is 29.2 Å². The molecule has 1 aromatic rings. The topological polar surface area (TPSA) is 78.4 Å². The average molecular weight is 491 g/mol. The second-order valence-corrected chi connectivity index (χ2v) is 7.88. The van der Waals surface area contributed by atoms with Crippen LogP contribution in [0.25, 0.3) is 0 Å². The summed E-state index contributed by atoms with van der Waals surface area (Å²) in [6, 6.07) is 4.52. The third-order valence-corrected chi connectivity index (χ3v) is 5.11. The molecule has 1 fully saturated rings. The number of alkyl halides is 6. The Bertz CT molecular complexity index is 765. The van der Waals surface area contributed by atoms with Crippen LogP contribution in [0.2, 0.25) is 5.02 Å². The van der Waals surface area contributed by atoms with Crippen LogP contribution in [0.15, 0.2) is 18.2 Å². The highest BCUT2D eigenvalue weighted by atomic mass is 35.5. The van der Waals surface area contributed by atoms with Crippen molar-refractivity contribution in [1.82, 2.24) is 5.32 Å². The van der Waals surface area contributed by atoms with Crippen molar-refractivity contribution in [2.75, 3.05) is 18.4 Å². The molecule has 0 spiro atoms. The molecule has 0 bridgehead atoms. The number of hydrogen-bond donors (Lipinski definition) is 3. The molecule has 2 rings (SSSR count). The number of carbonyl (C=O) groups excluding carboxylic acids is 1. The van der Waals surface area contributed by atoms with E-state index in [0.29, 0.717) is 18.7 Å². The summed E-state index contributed by atoms with van der Waals surface area (Å²) >= 11 is 5.88. The average Bonchev–Trinajstić information content (AvgIpc) is 2.68. The summed E-state index contributed by atoms with van der Waals surface area (Å²) in [7, 11) is 0. The van der Waals surface area contributed by atoms with Crippen LogP contribution in [0.3, 0.4) is 0 Å². The molecule has 1 atom stereocenters. The molecule has 182 valence electrons. The molecule has 1 saturated heterocycles. The maximum atomic E-state index is 12.4. The highest BCUT2D eigenvalue weighted by Crippen LogP contribution is 2.32. The molecule has 3 N–H and O–H groups in total. The fraction of sp³-hybridized carbons (Fsp3) is 0.600. The first kappa shape index (κ1) is 28.0. The van der Waals surface area contributed by atoms with E-state index in [0.717, 1.165) is 6.92 Å². The largest absolute Gasteiger partial charge is 0.481 e. The second-order valence-electron chi connectivity index (χ2n) is 7.47. The first-order chi connectivity index (χ1) is 14.7. The van der Waals surface area contributed by atoms with Gasteiger partial charge in [0, 0.05) is 12.8 Å². The lowest BCUT2D eigenvalue weighted by Crippen LogP contribution is -2.35. The van der Waals surface area contributed by atoms with E-state index in [9.17, 15) is 35.9 Å². The van der Waals surface area contributed by atoms with E-state index in [-0.39, 0.29) is 36.4 Å². The monoisotopic (exact) mass is 490 g/mol. The van der Waals surface area contributed by atoms with Gasteiger partial charge in [0.1, 0.15) is 0 Å². The molecular formula is C20H25ClF6N2O3. The van der Waals surface area contributed by atoms with Crippen molar-refractivity contribution < 1.29 is 41.0 Å². The third kappa shape index (κ3) is 10.5. The zero-order valence-electron chi connectivity index (χ0n) is 17.2. The lowest BCUT2D eigenvalue weighted by molar-refractivity contribution is -0.180. The van der Waals surface area contributed by atoms with Crippen molar-refractivity contribution in [2.45, 2.75) is 51.4 Å². The number of benzene rings is 1. The molecule has 1 aliphatic heterocycles. The second kappa shape index (κ2) is 12.3. The predicted molar refractivity (Wildman–Crippen MR) is 108 cm³/mol. The number of halogens is 7. The van der Waals surface area contributed by atoms with E-state index in [1.165, 1.54) is 12.1 Å². The van der Waals surface area contributed by atoms with Gasteiger partial charge in [-0.25, -0.2) is 0 Å². The predicted octanol–water partition coefficient (Wildman–Crippen LogP) is 5.43. The van der Waals surface area contributed by atoms with Gasteiger partial charge in [-0.2, -0.15) is 26.3 Å². The van der Waals surface area contributed by atoms with Crippen LogP contribution in [0.1, 0.15) is 38.2 Å². The maximum absolute atomic E-state index is 12.4. The molecule has 12 heteroatoms. The number of rotatable bonds is 6. The Labute approximate surface area is 186 Å². The Hall–Kier alpha value is -2.01. The van der Waals surface area contributed by atoms with Crippen LogP contribution in [0, 0.1) is 11.8 Å². The van der Waals surface area contributed by atoms with Crippen LogP contribution in [-0.4, -0.2) is 42.4 Å². The zero-order chi connectivity index (χ0) is 24.5. The van der Waals surface area contributed by atoms with Crippen molar-refractivity contribution in [3.8, 4) is 0 Å². The van der Waals surface area contributed by atoms with E-state index in [1.54, 1.807) is 6.07 Å². The van der Waals surface area contributed by atoms with Crippen LogP contribution < -0.4 is 10.6 Å². The number of carboxylic acid groups (broad SMARTS) is 1. The van der Waals surface area contributed by atoms with E-state index in [4.69, 9.17) is 16.7 Å². The van der Waals surface area contributed by atoms with Crippen LogP contribution in [-0.2, 0) is 16.0 Å². The summed E-state index contributed by atoms with van der Waals surface area (Å²) < 4.78 is 73.0. The first-order valence-electron chi connectivity index (χ1n) is 9.84. The minimum Gasteiger partial charge on any atom is -0.481 e. The number of carbonyl (C=O) groups is 2. The summed E-state index contributed by atoms with van der Waals surface area (Å²) in [5, 5.41) is 14.0. The van der Waals surface area contributed by atoms with Crippen LogP contribution >= 0.6 is 11.6 Å². The molecule has 5 nitrogen and oxygen atoms in total. The molecule has 1 aliphatic rings. The molecule has 32 heavy (non-hydrogen) atoms. The third-order valence-electron chi connectivity index (χ3n) is 4.78. The van der Waals surface area contributed by atoms with E-state index in [1.807, 2.05) is 0 Å². The van der Waals surface area contributed by atoms with Gasteiger partial charge in [0.2, 0.25) is 5.91 Å². The highest BCUT2D eigenvalue weighted by Gasteiger charge is 2.39. The number of amides is 1. The number of piperidine rings is 1. The minimum absolute atomic E-state index is 0.0971. The molecule has 1 aromatic carbocycles. The van der Waals surface area contributed by atoms with Gasteiger partial charge in [0.25, 0.3) is 0 Å². The molecule has 0 radical (unpaired) electrons. The molecule has 0 aliphatic carbocycles. The van der Waals surface area contributed by atoms with Crippen molar-refractivity contribution in [3.05, 3.63) is 28.8 Å². The van der Waals surface area contributed by atoms with E-state index < -0.39 is 42.5 Å². The minimum atomic E-state index is -4.44. The Balaban J connectivity index is 0.000000425. The zero-order valence-corrected chi connectivity index (χ0v) is 18.0. The number of anilines is 1. The Kier molecular flexibility index (Phi) is 10.8. The Morgan fingerprint density at radius 3 is 2.25 bits per heavy atom. The Morgan fingerprint density at radius 1 is 1.19 bits per heavy atom. The van der Waals surface area contributed by atoms with Crippen molar-refractivity contribution in [2.24, 2.45) is 11.8 Å². The maximum Gasteiger partial charge on any atom is 0.392 e. The summed E-state index contributed by atoms with van der Waals surface area (Å²) in [4.78, 5) is 22.2. The Morgan fingerprint density at radius 2 is 1.78 bits per heavy atom. The van der Waals surface area contributed by atoms with Gasteiger partial charge in [0.05, 0.1) is 22.5 Å². The highest BCUT2D eigenvalue weighted by molar-refractivity contribution is 6.33. The molecular weight excluding hydrogens is 466 g/mol. The van der Waals surface area contributed by atoms with Gasteiger partial charge in [-0.15, -0.1) is 0 Å². The molecule has 1 amide bonds. The number of carboxylic acids is 1. The van der Waals surface area contributed by atoms with Gasteiger partial charge < -0.3 is 15.7 Å². The van der Waals surface area contributed by atoms with Crippen molar-refractivity contribution in [3.63, 3.8) is 0 Å². The summed E-state index contributed by atoms with van der Waals surface area (Å²) in [5.41, 5.74) is 0.787. The quantitative estimate of drug-likeness (QED) is 0.464. The molecule has 0 saturated carbocycles. The van der Waals surface area contributed by atoms with Gasteiger partial charge >= 0.3 is 18.3 Å². The van der Waals surface area contributed by atoms with Gasteiger partial charge in [-0.1, -0.05) is 24.6 Å². The fourth-order valence-corrected chi connectivity index (χ4v) is 2.98. The van der Waals surface area contributed by atoms with E-state index >= 15 is 0 Å². The standard InChI is InChI=1S/C14H15ClF3NO3.C6H10F3N/c1-8(14(16,17)18)6-12(20)19-11-7-9(2-4-10(11)15)3-5-13(21)22;7-6(8,9)5-1-3-10-4-2-5/h2,4,7-8H,3,5-6H2,1H3,(H,19,20)(H,21,22);5,10H,1-4H2. The van der Waals surface area contributed by atoms with Gasteiger partial charge in [-0.3, -0.25) is 9.59 Å². The lowest BCUT2D eigenvalue weighted by atomic mass is 9.98. The number of hydrogen-bond acceptors (Lipinski definition) is 3. The van der Waals surface area contributed by atoms with Crippen LogP contribution in [0.5, 0.6) is 0 Å². The lowest BCUT2D eigenvalue weighted by Gasteiger charge is -2.24. The first-order valence-corrected chi connectivity index (χ1v) is 10.2. The number of aliphatic carboxylic acids is 1. The summed E-state index contributed by atoms with van der Waals surface area (Å²) in [5.74, 6) is -4.60. The smallest absolute Gasteiger partial charge is 0.392 e. The molecule has 0 aromatic heterocycles. The summed E-state index contributed by atoms with van der Waals surface area (Å²) in [6.07, 6.45) is -8.51. The fourth-order valence-electron chi connectivity index (χ4n) is 2.82. The van der Waals surface area contributed by atoms with E-state index in [2.05, 4.69) is 10.6 Å². The van der Waals surface area contributed by atoms with Crippen molar-refractivity contribution in [1.29, 1.82) is 0 Å². The molecule has 1 heterocycles. The number of aryl methyl sites for hydroxylation is 1. The SMILES string of the molecule is CC(CC(=O)Nc1cc(CCC(=O)O)ccc1Cl)C(F)(F)F.FC(F)(F)C1CCNCC1. The number of nitrogens with one attached hydrogen (secondary N) is 2. The molecule has 1 unspecified atom stereocenters. The van der Waals surface area contributed by atoms with Gasteiger partial charge in [-0.05, 0) is 50.0 Å².